The first-order valence-corrected chi connectivity index (χ1v) is 4.94. The van der Waals surface area contributed by atoms with Crippen LogP contribution < -0.4 is 11.1 Å². The number of nitrogens with one attached hydrogen (secondary N) is 1. The number of guanidine groups is 1. The normalized spacial score (nSPS) is 32.8. The van der Waals surface area contributed by atoms with Gasteiger partial charge >= 0.3 is 0 Å². The summed E-state index contributed by atoms with van der Waals surface area (Å²) in [5.41, 5.74) is 4.91. The molecule has 14 heavy (non-hydrogen) atoms. The first-order chi connectivity index (χ1) is 6.53. The Balaban J connectivity index is 2.17. The summed E-state index contributed by atoms with van der Waals surface area (Å²) in [5, 5.41) is 2.57. The molecule has 0 aliphatic carbocycles. The maximum atomic E-state index is 11.6. The van der Waals surface area contributed by atoms with E-state index in [0.29, 0.717) is 12.6 Å². The van der Waals surface area contributed by atoms with Gasteiger partial charge in [-0.2, -0.15) is 0 Å². The second kappa shape index (κ2) is 2.95. The number of nitrogens with zero attached hydrogens (tertiary/aromatic N) is 2. The van der Waals surface area contributed by atoms with Crippen molar-refractivity contribution in [1.29, 1.82) is 0 Å². The molecule has 1 amide bonds. The highest BCUT2D eigenvalue weighted by Gasteiger charge is 2.48. The summed E-state index contributed by atoms with van der Waals surface area (Å²) in [6, 6.07) is 0.458. The largest absolute Gasteiger partial charge is 0.370 e. The smallest absolute Gasteiger partial charge is 0.256 e. The number of amides is 1. The third-order valence-electron chi connectivity index (χ3n) is 3.01. The standard InChI is InChI=1S/C9H16N4O/c1-6(2)13-4-3-9(5-13)7(14)11-8(10)12-9/h6H,3-5H2,1-2H3,(H3,10,11,12,14). The fraction of sp³-hybridized carbons (Fsp3) is 0.778. The van der Waals surface area contributed by atoms with Crippen LogP contribution in [0.1, 0.15) is 20.3 Å². The van der Waals surface area contributed by atoms with Crippen molar-refractivity contribution < 1.29 is 4.79 Å². The number of carbonyl (C=O) groups excluding carboxylic acids is 1. The van der Waals surface area contributed by atoms with Gasteiger partial charge in [-0.25, -0.2) is 4.99 Å². The summed E-state index contributed by atoms with van der Waals surface area (Å²) in [4.78, 5) is 18.1. The molecule has 0 saturated carbocycles. The molecule has 0 aromatic heterocycles. The SMILES string of the molecule is CC(C)N1CCC2(C1)N=C(N)NC2=O. The fourth-order valence-corrected chi connectivity index (χ4v) is 2.08. The van der Waals surface area contributed by atoms with E-state index in [1.165, 1.54) is 0 Å². The van der Waals surface area contributed by atoms with Gasteiger partial charge < -0.3 is 5.73 Å². The van der Waals surface area contributed by atoms with E-state index in [1.807, 2.05) is 0 Å². The van der Waals surface area contributed by atoms with Crippen molar-refractivity contribution in [3.63, 3.8) is 0 Å². The van der Waals surface area contributed by atoms with E-state index in [2.05, 4.69) is 29.1 Å². The molecule has 2 heterocycles. The minimum Gasteiger partial charge on any atom is -0.370 e. The zero-order chi connectivity index (χ0) is 10.3. The van der Waals surface area contributed by atoms with Gasteiger partial charge in [0.15, 0.2) is 11.5 Å². The predicted molar refractivity (Wildman–Crippen MR) is 53.8 cm³/mol. The second-order valence-corrected chi connectivity index (χ2v) is 4.30. The third kappa shape index (κ3) is 1.28. The van der Waals surface area contributed by atoms with Gasteiger partial charge in [0.2, 0.25) is 0 Å². The van der Waals surface area contributed by atoms with Crippen LogP contribution in [0.4, 0.5) is 0 Å². The zero-order valence-corrected chi connectivity index (χ0v) is 8.58. The van der Waals surface area contributed by atoms with Gasteiger partial charge in [-0.05, 0) is 20.3 Å². The van der Waals surface area contributed by atoms with Gasteiger partial charge in [0.1, 0.15) is 0 Å². The molecule has 1 spiro atoms. The molecule has 3 N–H and O–H groups in total. The topological polar surface area (TPSA) is 70.7 Å². The Bertz CT molecular complexity index is 299. The lowest BCUT2D eigenvalue weighted by Gasteiger charge is -2.21. The highest BCUT2D eigenvalue weighted by atomic mass is 16.2. The van der Waals surface area contributed by atoms with E-state index in [9.17, 15) is 4.79 Å². The summed E-state index contributed by atoms with van der Waals surface area (Å²) in [5.74, 6) is 0.221. The molecule has 2 rings (SSSR count). The maximum Gasteiger partial charge on any atom is 0.256 e. The molecule has 5 heteroatoms. The number of rotatable bonds is 1. The summed E-state index contributed by atoms with van der Waals surface area (Å²) >= 11 is 0. The fourth-order valence-electron chi connectivity index (χ4n) is 2.08. The lowest BCUT2D eigenvalue weighted by molar-refractivity contribution is -0.123. The van der Waals surface area contributed by atoms with E-state index in [1.54, 1.807) is 0 Å². The van der Waals surface area contributed by atoms with E-state index in [4.69, 9.17) is 5.73 Å². The highest BCUT2D eigenvalue weighted by Crippen LogP contribution is 2.29. The molecule has 1 fully saturated rings. The van der Waals surface area contributed by atoms with Crippen LogP contribution in [-0.2, 0) is 4.79 Å². The average molecular weight is 196 g/mol. The molecule has 2 aliphatic heterocycles. The van der Waals surface area contributed by atoms with Crippen molar-refractivity contribution in [3.8, 4) is 0 Å². The quantitative estimate of drug-likeness (QED) is 0.581. The Hall–Kier alpha value is -1.10. The number of likely N-dealkylation sites (tertiary alicyclic amines) is 1. The minimum atomic E-state index is -0.589. The molecule has 0 radical (unpaired) electrons. The molecule has 1 unspecified atom stereocenters. The Morgan fingerprint density at radius 3 is 2.79 bits per heavy atom. The van der Waals surface area contributed by atoms with E-state index >= 15 is 0 Å². The first kappa shape index (κ1) is 9.45. The van der Waals surface area contributed by atoms with Gasteiger partial charge in [-0.1, -0.05) is 0 Å². The Morgan fingerprint density at radius 1 is 1.64 bits per heavy atom. The Morgan fingerprint density at radius 2 is 2.36 bits per heavy atom. The molecule has 0 aromatic rings. The van der Waals surface area contributed by atoms with Crippen LogP contribution >= 0.6 is 0 Å². The van der Waals surface area contributed by atoms with Crippen LogP contribution in [0.2, 0.25) is 0 Å². The lowest BCUT2D eigenvalue weighted by atomic mass is 10.00. The van der Waals surface area contributed by atoms with Crippen LogP contribution in [-0.4, -0.2) is 41.4 Å². The van der Waals surface area contributed by atoms with Crippen LogP contribution in [0.15, 0.2) is 4.99 Å². The number of nitrogens with two attached hydrogens (primary N) is 1. The summed E-state index contributed by atoms with van der Waals surface area (Å²) < 4.78 is 0. The van der Waals surface area contributed by atoms with Gasteiger partial charge in [-0.15, -0.1) is 0 Å². The number of hydrogen-bond donors (Lipinski definition) is 2. The third-order valence-corrected chi connectivity index (χ3v) is 3.01. The van der Waals surface area contributed by atoms with Crippen molar-refractivity contribution in [2.24, 2.45) is 10.7 Å². The lowest BCUT2D eigenvalue weighted by Crippen LogP contribution is -2.43. The summed E-state index contributed by atoms with van der Waals surface area (Å²) in [7, 11) is 0. The molecular weight excluding hydrogens is 180 g/mol. The number of hydrogen-bond acceptors (Lipinski definition) is 4. The van der Waals surface area contributed by atoms with Gasteiger partial charge in [-0.3, -0.25) is 15.0 Å². The highest BCUT2D eigenvalue weighted by molar-refractivity contribution is 6.07. The van der Waals surface area contributed by atoms with Crippen LogP contribution in [0.5, 0.6) is 0 Å². The van der Waals surface area contributed by atoms with Crippen molar-refractivity contribution in [2.45, 2.75) is 31.8 Å². The minimum absolute atomic E-state index is 0.0434. The molecule has 0 bridgehead atoms. The maximum absolute atomic E-state index is 11.6. The van der Waals surface area contributed by atoms with Crippen molar-refractivity contribution in [2.75, 3.05) is 13.1 Å². The van der Waals surface area contributed by atoms with E-state index in [-0.39, 0.29) is 11.9 Å². The molecule has 1 atom stereocenters. The van der Waals surface area contributed by atoms with Gasteiger partial charge in [0.05, 0.1) is 0 Å². The summed E-state index contributed by atoms with van der Waals surface area (Å²) in [6.45, 7) is 5.86. The van der Waals surface area contributed by atoms with Crippen LogP contribution in [0.25, 0.3) is 0 Å². The average Bonchev–Trinajstić information content (AvgIpc) is 2.59. The van der Waals surface area contributed by atoms with Crippen LogP contribution in [0.3, 0.4) is 0 Å². The van der Waals surface area contributed by atoms with E-state index in [0.717, 1.165) is 13.0 Å². The zero-order valence-electron chi connectivity index (χ0n) is 8.58. The van der Waals surface area contributed by atoms with E-state index < -0.39 is 5.54 Å². The first-order valence-electron chi connectivity index (χ1n) is 4.94. The Kier molecular flexibility index (Phi) is 1.99. The van der Waals surface area contributed by atoms with Crippen molar-refractivity contribution in [3.05, 3.63) is 0 Å². The molecule has 1 saturated heterocycles. The van der Waals surface area contributed by atoms with Gasteiger partial charge in [0, 0.05) is 19.1 Å². The number of aliphatic imine (C=N–C) groups is 1. The molecule has 5 nitrogen and oxygen atoms in total. The van der Waals surface area contributed by atoms with Crippen molar-refractivity contribution in [1.82, 2.24) is 10.2 Å². The monoisotopic (exact) mass is 196 g/mol. The number of carbonyl (C=O) groups is 1. The molecule has 0 aromatic carbocycles. The molecule has 78 valence electrons. The van der Waals surface area contributed by atoms with Gasteiger partial charge in [0.25, 0.3) is 5.91 Å². The predicted octanol–water partition coefficient (Wildman–Crippen LogP) is -0.716. The van der Waals surface area contributed by atoms with Crippen molar-refractivity contribution >= 4 is 11.9 Å². The molecular formula is C9H16N4O. The molecule has 2 aliphatic rings. The van der Waals surface area contributed by atoms with Crippen LogP contribution in [0, 0.1) is 0 Å². The Labute approximate surface area is 83.4 Å². The second-order valence-electron chi connectivity index (χ2n) is 4.30. The summed E-state index contributed by atoms with van der Waals surface area (Å²) in [6.07, 6.45) is 0.776.